The number of imide groups is 1. The zero-order valence-electron chi connectivity index (χ0n) is 8.58. The summed E-state index contributed by atoms with van der Waals surface area (Å²) in [5.41, 5.74) is 0. The van der Waals surface area contributed by atoms with Crippen LogP contribution >= 0.6 is 0 Å². The topological polar surface area (TPSA) is 49.4 Å². The summed E-state index contributed by atoms with van der Waals surface area (Å²) in [5, 5.41) is 3.24. The van der Waals surface area contributed by atoms with E-state index in [0.717, 1.165) is 19.4 Å². The van der Waals surface area contributed by atoms with Gasteiger partial charge in [-0.25, -0.2) is 0 Å². The fraction of sp³-hybridized carbons (Fsp3) is 0.636. The van der Waals surface area contributed by atoms with E-state index in [9.17, 15) is 9.59 Å². The van der Waals surface area contributed by atoms with Crippen LogP contribution in [0, 0.1) is 11.8 Å². The van der Waals surface area contributed by atoms with Gasteiger partial charge in [0.1, 0.15) is 0 Å². The first kappa shape index (κ1) is 10.2. The van der Waals surface area contributed by atoms with Gasteiger partial charge < -0.3 is 5.32 Å². The van der Waals surface area contributed by atoms with Crippen LogP contribution in [0.25, 0.3) is 0 Å². The summed E-state index contributed by atoms with van der Waals surface area (Å²) in [7, 11) is 0. The third kappa shape index (κ3) is 2.37. The molecule has 2 saturated heterocycles. The van der Waals surface area contributed by atoms with E-state index in [-0.39, 0.29) is 24.4 Å². The van der Waals surface area contributed by atoms with Crippen molar-refractivity contribution in [1.29, 1.82) is 0 Å². The smallest absolute Gasteiger partial charge is 0.230 e. The summed E-state index contributed by atoms with van der Waals surface area (Å²) in [4.78, 5) is 23.7. The number of nitrogens with zero attached hydrogens (tertiary/aromatic N) is 1. The van der Waals surface area contributed by atoms with Gasteiger partial charge in [0.2, 0.25) is 11.8 Å². The molecule has 2 rings (SSSR count). The van der Waals surface area contributed by atoms with Crippen molar-refractivity contribution >= 4 is 11.8 Å². The molecule has 0 bridgehead atoms. The van der Waals surface area contributed by atoms with E-state index < -0.39 is 0 Å². The molecule has 2 fully saturated rings. The van der Waals surface area contributed by atoms with Gasteiger partial charge in [0.05, 0.1) is 12.6 Å². The highest BCUT2D eigenvalue weighted by atomic mass is 16.2. The van der Waals surface area contributed by atoms with Crippen molar-refractivity contribution < 1.29 is 9.59 Å². The van der Waals surface area contributed by atoms with Crippen molar-refractivity contribution in [3.05, 3.63) is 0 Å². The zero-order chi connectivity index (χ0) is 10.7. The fourth-order valence-electron chi connectivity index (χ4n) is 1.85. The van der Waals surface area contributed by atoms with Gasteiger partial charge >= 0.3 is 0 Å². The first-order valence-electron chi connectivity index (χ1n) is 5.32. The first-order valence-corrected chi connectivity index (χ1v) is 5.32. The molecule has 0 aromatic carbocycles. The van der Waals surface area contributed by atoms with Gasteiger partial charge in [-0.2, -0.15) is 0 Å². The lowest BCUT2D eigenvalue weighted by Crippen LogP contribution is -2.29. The average molecular weight is 206 g/mol. The molecule has 0 aromatic heterocycles. The van der Waals surface area contributed by atoms with E-state index in [1.165, 1.54) is 4.90 Å². The molecule has 0 unspecified atom stereocenters. The first-order chi connectivity index (χ1) is 7.27. The monoisotopic (exact) mass is 206 g/mol. The molecule has 2 amide bonds. The molecular weight excluding hydrogens is 192 g/mol. The van der Waals surface area contributed by atoms with Crippen LogP contribution in [0.1, 0.15) is 25.7 Å². The molecule has 1 N–H and O–H groups in total. The number of rotatable bonds is 1. The molecule has 0 saturated carbocycles. The van der Waals surface area contributed by atoms with Gasteiger partial charge in [-0.3, -0.25) is 14.5 Å². The Kier molecular flexibility index (Phi) is 3.02. The van der Waals surface area contributed by atoms with Crippen molar-refractivity contribution in [3.8, 4) is 11.8 Å². The summed E-state index contributed by atoms with van der Waals surface area (Å²) in [6.45, 7) is 1.27. The van der Waals surface area contributed by atoms with Gasteiger partial charge in [-0.15, -0.1) is 0 Å². The predicted octanol–water partition coefficient (Wildman–Crippen LogP) is -0.109. The SMILES string of the molecule is O=C1CCC(=O)N1CC#C[C@H]1CCCN1. The molecule has 80 valence electrons. The highest BCUT2D eigenvalue weighted by Crippen LogP contribution is 2.10. The molecule has 2 aliphatic heterocycles. The number of amides is 2. The zero-order valence-corrected chi connectivity index (χ0v) is 8.58. The van der Waals surface area contributed by atoms with Crippen LogP contribution in [-0.4, -0.2) is 35.8 Å². The Bertz CT molecular complexity index is 318. The quantitative estimate of drug-likeness (QED) is 0.481. The Morgan fingerprint density at radius 2 is 2.07 bits per heavy atom. The van der Waals surface area contributed by atoms with Gasteiger partial charge in [-0.1, -0.05) is 11.8 Å². The van der Waals surface area contributed by atoms with Crippen LogP contribution in [0.2, 0.25) is 0 Å². The standard InChI is InChI=1S/C11H14N2O2/c14-10-5-6-11(15)13(10)8-2-4-9-3-1-7-12-9/h9,12H,1,3,5-8H2/t9-/m1/s1. The second-order valence-corrected chi connectivity index (χ2v) is 3.84. The highest BCUT2D eigenvalue weighted by Gasteiger charge is 2.27. The third-order valence-electron chi connectivity index (χ3n) is 2.73. The van der Waals surface area contributed by atoms with Gasteiger partial charge in [0, 0.05) is 12.8 Å². The van der Waals surface area contributed by atoms with Crippen molar-refractivity contribution in [3.63, 3.8) is 0 Å². The largest absolute Gasteiger partial charge is 0.304 e. The normalized spacial score (nSPS) is 25.6. The maximum absolute atomic E-state index is 11.2. The van der Waals surface area contributed by atoms with Gasteiger partial charge in [0.15, 0.2) is 0 Å². The van der Waals surface area contributed by atoms with Crippen LogP contribution in [0.4, 0.5) is 0 Å². The minimum absolute atomic E-state index is 0.0892. The molecule has 2 aliphatic rings. The number of likely N-dealkylation sites (tertiary alicyclic amines) is 1. The predicted molar refractivity (Wildman–Crippen MR) is 54.8 cm³/mol. The third-order valence-corrected chi connectivity index (χ3v) is 2.73. The van der Waals surface area contributed by atoms with Crippen LogP contribution in [-0.2, 0) is 9.59 Å². The van der Waals surface area contributed by atoms with Crippen molar-refractivity contribution in [2.45, 2.75) is 31.7 Å². The molecule has 4 nitrogen and oxygen atoms in total. The number of carbonyl (C=O) groups is 2. The number of hydrogen-bond acceptors (Lipinski definition) is 3. The second-order valence-electron chi connectivity index (χ2n) is 3.84. The molecule has 15 heavy (non-hydrogen) atoms. The Balaban J connectivity index is 1.86. The van der Waals surface area contributed by atoms with Crippen LogP contribution < -0.4 is 5.32 Å². The number of carbonyl (C=O) groups excluding carboxylic acids is 2. The van der Waals surface area contributed by atoms with Crippen molar-refractivity contribution in [1.82, 2.24) is 10.2 Å². The number of hydrogen-bond donors (Lipinski definition) is 1. The summed E-state index contributed by atoms with van der Waals surface area (Å²) in [6.07, 6.45) is 2.92. The number of nitrogens with one attached hydrogen (secondary N) is 1. The maximum atomic E-state index is 11.2. The van der Waals surface area contributed by atoms with E-state index in [2.05, 4.69) is 17.2 Å². The minimum Gasteiger partial charge on any atom is -0.304 e. The molecule has 4 heteroatoms. The lowest BCUT2D eigenvalue weighted by Gasteiger charge is -2.08. The van der Waals surface area contributed by atoms with E-state index in [1.807, 2.05) is 0 Å². The second kappa shape index (κ2) is 4.45. The molecule has 0 radical (unpaired) electrons. The summed E-state index contributed by atoms with van der Waals surface area (Å²) >= 11 is 0. The molecule has 2 heterocycles. The average Bonchev–Trinajstić information content (AvgIpc) is 2.82. The fourth-order valence-corrected chi connectivity index (χ4v) is 1.85. The van der Waals surface area contributed by atoms with Crippen molar-refractivity contribution in [2.24, 2.45) is 0 Å². The molecular formula is C11H14N2O2. The van der Waals surface area contributed by atoms with E-state index in [1.54, 1.807) is 0 Å². The Morgan fingerprint density at radius 1 is 1.33 bits per heavy atom. The lowest BCUT2D eigenvalue weighted by molar-refractivity contribution is -0.137. The lowest BCUT2D eigenvalue weighted by atomic mass is 10.2. The Hall–Kier alpha value is -1.34. The van der Waals surface area contributed by atoms with E-state index >= 15 is 0 Å². The minimum atomic E-state index is -0.0892. The van der Waals surface area contributed by atoms with Crippen LogP contribution in [0.5, 0.6) is 0 Å². The van der Waals surface area contributed by atoms with Crippen LogP contribution in [0.15, 0.2) is 0 Å². The van der Waals surface area contributed by atoms with Gasteiger partial charge in [-0.05, 0) is 19.4 Å². The Morgan fingerprint density at radius 3 is 2.67 bits per heavy atom. The van der Waals surface area contributed by atoms with Crippen LogP contribution in [0.3, 0.4) is 0 Å². The molecule has 0 aromatic rings. The molecule has 0 spiro atoms. The molecule has 0 aliphatic carbocycles. The van der Waals surface area contributed by atoms with Gasteiger partial charge in [0.25, 0.3) is 0 Å². The van der Waals surface area contributed by atoms with E-state index in [0.29, 0.717) is 12.8 Å². The summed E-state index contributed by atoms with van der Waals surface area (Å²) in [5.74, 6) is 5.77. The summed E-state index contributed by atoms with van der Waals surface area (Å²) in [6, 6.07) is 0.248. The highest BCUT2D eigenvalue weighted by molar-refractivity contribution is 6.02. The van der Waals surface area contributed by atoms with E-state index in [4.69, 9.17) is 0 Å². The maximum Gasteiger partial charge on any atom is 0.230 e. The molecule has 1 atom stereocenters. The summed E-state index contributed by atoms with van der Waals surface area (Å²) < 4.78 is 0. The Labute approximate surface area is 89.0 Å². The van der Waals surface area contributed by atoms with Crippen molar-refractivity contribution in [2.75, 3.05) is 13.1 Å².